The number of aromatic amines is 2. The Balaban J connectivity index is 1.45. The van der Waals surface area contributed by atoms with Crippen molar-refractivity contribution in [1.82, 2.24) is 19.9 Å². The molecule has 262 valence electrons. The van der Waals surface area contributed by atoms with Crippen molar-refractivity contribution in [3.63, 3.8) is 0 Å². The topological polar surface area (TPSA) is 116 Å². The van der Waals surface area contributed by atoms with Gasteiger partial charge in [0, 0.05) is 44.3 Å². The molecule has 54 heavy (non-hydrogen) atoms. The van der Waals surface area contributed by atoms with Crippen LogP contribution in [0.3, 0.4) is 0 Å². The van der Waals surface area contributed by atoms with E-state index >= 15 is 0 Å². The molecule has 3 aromatic heterocycles. The smallest absolute Gasteiger partial charge is 0.118 e. The highest BCUT2D eigenvalue weighted by molar-refractivity contribution is 5.99. The van der Waals surface area contributed by atoms with E-state index in [0.29, 0.717) is 0 Å². The van der Waals surface area contributed by atoms with Crippen molar-refractivity contribution in [3.8, 4) is 67.5 Å². The highest BCUT2D eigenvalue weighted by Crippen LogP contribution is 2.39. The third-order valence-corrected chi connectivity index (χ3v) is 9.82. The molecule has 0 unspecified atom stereocenters. The van der Waals surface area contributed by atoms with Crippen LogP contribution in [-0.4, -0.2) is 44.4 Å². The summed E-state index contributed by atoms with van der Waals surface area (Å²) in [6.07, 6.45) is 8.16. The SMILES string of the molecule is COc1ccc(-c2c3nc(c(-c4ccc(OC)cc4)c4ccc([nH]4)c(-c4ccc(O)cc4)c4nc(c(-c5ccc(O)cc5)c5ccc2[nH]5)C=C4)C=C3)cc1. The number of rotatable bonds is 6. The summed E-state index contributed by atoms with van der Waals surface area (Å²) in [5, 5.41) is 20.4. The van der Waals surface area contributed by atoms with Gasteiger partial charge >= 0.3 is 0 Å². The molecule has 2 aliphatic rings. The van der Waals surface area contributed by atoms with E-state index in [4.69, 9.17) is 19.4 Å². The van der Waals surface area contributed by atoms with Crippen LogP contribution in [0.25, 0.3) is 90.9 Å². The van der Waals surface area contributed by atoms with Gasteiger partial charge in [0.1, 0.15) is 23.0 Å². The second-order valence-electron chi connectivity index (χ2n) is 13.1. The zero-order valence-corrected chi connectivity index (χ0v) is 29.5. The monoisotopic (exact) mass is 706 g/mol. The van der Waals surface area contributed by atoms with Crippen LogP contribution >= 0.6 is 0 Å². The van der Waals surface area contributed by atoms with Crippen LogP contribution in [-0.2, 0) is 0 Å². The molecule has 4 aromatic carbocycles. The van der Waals surface area contributed by atoms with Gasteiger partial charge in [-0.05, 0) is 119 Å². The number of H-pyrrole nitrogens is 2. The Bertz CT molecular complexity index is 2590. The van der Waals surface area contributed by atoms with Gasteiger partial charge in [0.2, 0.25) is 0 Å². The van der Waals surface area contributed by atoms with E-state index in [1.807, 2.05) is 84.9 Å². The van der Waals surface area contributed by atoms with E-state index in [9.17, 15) is 10.2 Å². The van der Waals surface area contributed by atoms with Crippen molar-refractivity contribution in [2.75, 3.05) is 14.2 Å². The van der Waals surface area contributed by atoms with Crippen LogP contribution < -0.4 is 9.47 Å². The van der Waals surface area contributed by atoms with Crippen molar-refractivity contribution in [3.05, 3.63) is 144 Å². The molecule has 0 fully saturated rings. The average molecular weight is 707 g/mol. The minimum atomic E-state index is 0.181. The number of aromatic hydroxyl groups is 2. The standard InChI is InChI=1S/C46H34N4O4/c1-53-33-15-7-29(8-16-33)45-39-23-21-37(48-39)43(27-3-11-31(51)12-4-27)35-19-20-36(47-35)44(28-5-13-32(52)14-6-28)38-22-24-40(49-38)46(42-26-25-41(45)50-42)30-9-17-34(54-2)18-10-30/h3-26,48-49,51-52H,1-2H3. The molecule has 0 amide bonds. The van der Waals surface area contributed by atoms with Gasteiger partial charge < -0.3 is 29.7 Å². The summed E-state index contributed by atoms with van der Waals surface area (Å²) in [6.45, 7) is 0. The summed E-state index contributed by atoms with van der Waals surface area (Å²) in [4.78, 5) is 18.1. The van der Waals surface area contributed by atoms with Crippen LogP contribution in [0.2, 0.25) is 0 Å². The molecule has 2 aliphatic heterocycles. The molecule has 7 aromatic rings. The Labute approximate surface area is 311 Å². The highest BCUT2D eigenvalue weighted by atomic mass is 16.5. The second kappa shape index (κ2) is 13.3. The Morgan fingerprint density at radius 2 is 0.630 bits per heavy atom. The predicted octanol–water partition coefficient (Wildman–Crippen LogP) is 10.8. The van der Waals surface area contributed by atoms with E-state index in [2.05, 4.69) is 46.4 Å². The summed E-state index contributed by atoms with van der Waals surface area (Å²) in [5.74, 6) is 1.89. The fourth-order valence-corrected chi connectivity index (χ4v) is 7.19. The maximum atomic E-state index is 10.2. The maximum Gasteiger partial charge on any atom is 0.118 e. The van der Waals surface area contributed by atoms with Crippen molar-refractivity contribution >= 4 is 46.4 Å². The molecule has 0 radical (unpaired) electrons. The average Bonchev–Trinajstić information content (AvgIpc) is 4.05. The van der Waals surface area contributed by atoms with E-state index in [1.165, 1.54) is 0 Å². The first-order valence-corrected chi connectivity index (χ1v) is 17.5. The first kappa shape index (κ1) is 32.6. The Morgan fingerprint density at radius 3 is 0.889 bits per heavy atom. The number of hydrogen-bond donors (Lipinski definition) is 4. The minimum Gasteiger partial charge on any atom is -0.508 e. The first-order valence-electron chi connectivity index (χ1n) is 17.5. The molecule has 0 spiro atoms. The molecule has 0 saturated carbocycles. The van der Waals surface area contributed by atoms with E-state index in [-0.39, 0.29) is 11.5 Å². The molecular weight excluding hydrogens is 673 g/mol. The van der Waals surface area contributed by atoms with E-state index in [1.54, 1.807) is 38.5 Å². The lowest BCUT2D eigenvalue weighted by atomic mass is 10.0. The number of methoxy groups -OCH3 is 2. The number of phenolic OH excluding ortho intramolecular Hbond substituents is 2. The van der Waals surface area contributed by atoms with Crippen LogP contribution in [0.1, 0.15) is 22.8 Å². The predicted molar refractivity (Wildman–Crippen MR) is 217 cm³/mol. The van der Waals surface area contributed by atoms with Gasteiger partial charge in [-0.2, -0.15) is 0 Å². The number of benzene rings is 4. The van der Waals surface area contributed by atoms with Crippen LogP contribution in [0.15, 0.2) is 121 Å². The summed E-state index contributed by atoms with van der Waals surface area (Å²) in [5.41, 5.74) is 13.9. The number of ether oxygens (including phenoxy) is 2. The number of aromatic nitrogens is 4. The van der Waals surface area contributed by atoms with Crippen molar-refractivity contribution in [2.24, 2.45) is 0 Å². The second-order valence-corrected chi connectivity index (χ2v) is 13.1. The van der Waals surface area contributed by atoms with Gasteiger partial charge in [-0.3, -0.25) is 0 Å². The van der Waals surface area contributed by atoms with Gasteiger partial charge in [0.15, 0.2) is 0 Å². The Morgan fingerprint density at radius 1 is 0.370 bits per heavy atom. The lowest BCUT2D eigenvalue weighted by Crippen LogP contribution is -1.90. The summed E-state index contributed by atoms with van der Waals surface area (Å²) in [6, 6.07) is 38.6. The van der Waals surface area contributed by atoms with Crippen LogP contribution in [0.4, 0.5) is 0 Å². The van der Waals surface area contributed by atoms with E-state index in [0.717, 1.165) is 101 Å². The summed E-state index contributed by atoms with van der Waals surface area (Å²) >= 11 is 0. The van der Waals surface area contributed by atoms with Crippen molar-refractivity contribution in [1.29, 1.82) is 0 Å². The van der Waals surface area contributed by atoms with Crippen LogP contribution in [0, 0.1) is 0 Å². The normalized spacial score (nSPS) is 11.9. The number of nitrogens with one attached hydrogen (secondary N) is 2. The molecule has 4 N–H and O–H groups in total. The summed E-state index contributed by atoms with van der Waals surface area (Å²) in [7, 11) is 3.32. The third kappa shape index (κ3) is 5.85. The van der Waals surface area contributed by atoms with E-state index < -0.39 is 0 Å². The molecule has 0 aliphatic carbocycles. The number of nitrogens with zero attached hydrogens (tertiary/aromatic N) is 2. The van der Waals surface area contributed by atoms with Gasteiger partial charge in [-0.1, -0.05) is 48.5 Å². The molecule has 5 heterocycles. The molecule has 8 bridgehead atoms. The van der Waals surface area contributed by atoms with Gasteiger partial charge in [0.05, 0.1) is 37.0 Å². The third-order valence-electron chi connectivity index (χ3n) is 9.82. The fraction of sp³-hybridized carbons (Fsp3) is 0.0435. The molecule has 8 heteroatoms. The van der Waals surface area contributed by atoms with Gasteiger partial charge in [-0.25, -0.2) is 9.97 Å². The molecule has 0 atom stereocenters. The van der Waals surface area contributed by atoms with Gasteiger partial charge in [-0.15, -0.1) is 0 Å². The maximum absolute atomic E-state index is 10.2. The van der Waals surface area contributed by atoms with Gasteiger partial charge in [0.25, 0.3) is 0 Å². The molecule has 0 saturated heterocycles. The Hall–Kier alpha value is -7.32. The highest BCUT2D eigenvalue weighted by Gasteiger charge is 2.19. The lowest BCUT2D eigenvalue weighted by molar-refractivity contribution is 0.415. The molecule has 9 rings (SSSR count). The van der Waals surface area contributed by atoms with Crippen molar-refractivity contribution < 1.29 is 19.7 Å². The molecular formula is C46H34N4O4. The molecule has 8 nitrogen and oxygen atoms in total. The first-order chi connectivity index (χ1) is 26.4. The zero-order valence-electron chi connectivity index (χ0n) is 29.5. The lowest BCUT2D eigenvalue weighted by Gasteiger charge is -2.08. The quantitative estimate of drug-likeness (QED) is 0.137. The number of hydrogen-bond acceptors (Lipinski definition) is 6. The minimum absolute atomic E-state index is 0.181. The zero-order chi connectivity index (χ0) is 36.8. The van der Waals surface area contributed by atoms with Crippen LogP contribution in [0.5, 0.6) is 23.0 Å². The Kier molecular flexibility index (Phi) is 8.05. The number of phenols is 2. The fourth-order valence-electron chi connectivity index (χ4n) is 7.19. The van der Waals surface area contributed by atoms with Crippen molar-refractivity contribution in [2.45, 2.75) is 0 Å². The largest absolute Gasteiger partial charge is 0.508 e. The number of fused-ring (bicyclic) bond motifs is 8. The summed E-state index contributed by atoms with van der Waals surface area (Å²) < 4.78 is 11.0.